The number of thioether (sulfide) groups is 1. The molecule has 0 bridgehead atoms. The Morgan fingerprint density at radius 2 is 2.22 bits per heavy atom. The highest BCUT2D eigenvalue weighted by Gasteiger charge is 2.21. The van der Waals surface area contributed by atoms with Crippen LogP contribution in [0.2, 0.25) is 0 Å². The highest BCUT2D eigenvalue weighted by Crippen LogP contribution is 2.25. The molecule has 0 aliphatic heterocycles. The average molecular weight is 268 g/mol. The van der Waals surface area contributed by atoms with Crippen LogP contribution in [0.5, 0.6) is 0 Å². The van der Waals surface area contributed by atoms with Crippen molar-refractivity contribution in [3.63, 3.8) is 0 Å². The van der Waals surface area contributed by atoms with Crippen LogP contribution in [0.3, 0.4) is 0 Å². The molecule has 0 atom stereocenters. The molecule has 1 N–H and O–H groups in total. The van der Waals surface area contributed by atoms with Crippen molar-refractivity contribution < 1.29 is 4.39 Å². The first-order valence-corrected chi connectivity index (χ1v) is 7.82. The summed E-state index contributed by atoms with van der Waals surface area (Å²) in [6.45, 7) is 1.58. The van der Waals surface area contributed by atoms with Crippen molar-refractivity contribution in [3.05, 3.63) is 29.6 Å². The Hall–Kier alpha value is -0.740. The molecule has 0 aromatic heterocycles. The summed E-state index contributed by atoms with van der Waals surface area (Å²) in [5, 5.41) is 3.39. The van der Waals surface area contributed by atoms with Gasteiger partial charge in [0.25, 0.3) is 0 Å². The van der Waals surface area contributed by atoms with Crippen molar-refractivity contribution in [1.82, 2.24) is 5.32 Å². The zero-order valence-electron chi connectivity index (χ0n) is 11.1. The summed E-state index contributed by atoms with van der Waals surface area (Å²) in [5.74, 6) is 0.958. The van der Waals surface area contributed by atoms with Gasteiger partial charge in [-0.2, -0.15) is 11.8 Å². The molecule has 18 heavy (non-hydrogen) atoms. The molecule has 0 unspecified atom stereocenters. The lowest BCUT2D eigenvalue weighted by Gasteiger charge is -2.22. The number of nitrogens with zero attached hydrogens (tertiary/aromatic N) is 1. The van der Waals surface area contributed by atoms with Gasteiger partial charge in [-0.1, -0.05) is 6.07 Å². The predicted molar refractivity (Wildman–Crippen MR) is 77.9 cm³/mol. The Kier molecular flexibility index (Phi) is 4.89. The second kappa shape index (κ2) is 6.43. The maximum Gasteiger partial charge on any atom is 0.129 e. The van der Waals surface area contributed by atoms with Gasteiger partial charge in [-0.05, 0) is 31.2 Å². The van der Waals surface area contributed by atoms with Gasteiger partial charge in [-0.25, -0.2) is 4.39 Å². The van der Waals surface area contributed by atoms with E-state index in [1.807, 2.05) is 24.9 Å². The fourth-order valence-electron chi connectivity index (χ4n) is 1.96. The van der Waals surface area contributed by atoms with Crippen LogP contribution in [0.15, 0.2) is 18.2 Å². The number of benzene rings is 1. The van der Waals surface area contributed by atoms with Crippen LogP contribution < -0.4 is 10.2 Å². The molecule has 0 amide bonds. The zero-order valence-corrected chi connectivity index (χ0v) is 11.9. The summed E-state index contributed by atoms with van der Waals surface area (Å²) in [4.78, 5) is 2.14. The van der Waals surface area contributed by atoms with E-state index in [4.69, 9.17) is 0 Å². The number of halogens is 1. The summed E-state index contributed by atoms with van der Waals surface area (Å²) in [7, 11) is 2.03. The van der Waals surface area contributed by atoms with E-state index in [0.29, 0.717) is 12.6 Å². The molecule has 1 fully saturated rings. The fourth-order valence-corrected chi connectivity index (χ4v) is 2.42. The van der Waals surface area contributed by atoms with Crippen molar-refractivity contribution >= 4 is 17.4 Å². The Balaban J connectivity index is 2.08. The Labute approximate surface area is 113 Å². The third-order valence-electron chi connectivity index (χ3n) is 3.28. The largest absolute Gasteiger partial charge is 0.373 e. The maximum atomic E-state index is 13.9. The summed E-state index contributed by atoms with van der Waals surface area (Å²) >= 11 is 1.81. The lowest BCUT2D eigenvalue weighted by molar-refractivity contribution is 0.586. The van der Waals surface area contributed by atoms with Crippen molar-refractivity contribution in [1.29, 1.82) is 0 Å². The molecule has 4 heteroatoms. The SMILES string of the molecule is CSCCN(C)c1cccc(F)c1CNC1CC1. The number of rotatable bonds is 7. The van der Waals surface area contributed by atoms with E-state index in [1.165, 1.54) is 12.8 Å². The zero-order chi connectivity index (χ0) is 13.0. The van der Waals surface area contributed by atoms with Crippen LogP contribution in [0.25, 0.3) is 0 Å². The summed E-state index contributed by atoms with van der Waals surface area (Å²) < 4.78 is 13.9. The minimum Gasteiger partial charge on any atom is -0.373 e. The topological polar surface area (TPSA) is 15.3 Å². The minimum absolute atomic E-state index is 0.100. The van der Waals surface area contributed by atoms with E-state index in [0.717, 1.165) is 23.5 Å². The van der Waals surface area contributed by atoms with Gasteiger partial charge >= 0.3 is 0 Å². The van der Waals surface area contributed by atoms with Crippen LogP contribution >= 0.6 is 11.8 Å². The van der Waals surface area contributed by atoms with Crippen LogP contribution in [0.4, 0.5) is 10.1 Å². The molecule has 0 saturated heterocycles. The smallest absolute Gasteiger partial charge is 0.129 e. The van der Waals surface area contributed by atoms with E-state index in [2.05, 4.69) is 16.5 Å². The second-order valence-electron chi connectivity index (χ2n) is 4.81. The van der Waals surface area contributed by atoms with Crippen LogP contribution in [-0.2, 0) is 6.54 Å². The minimum atomic E-state index is -0.100. The van der Waals surface area contributed by atoms with Crippen molar-refractivity contribution in [2.75, 3.05) is 30.5 Å². The molecular weight excluding hydrogens is 247 g/mol. The van der Waals surface area contributed by atoms with Gasteiger partial charge in [0.1, 0.15) is 5.82 Å². The molecule has 2 rings (SSSR count). The van der Waals surface area contributed by atoms with E-state index in [-0.39, 0.29) is 5.82 Å². The van der Waals surface area contributed by atoms with Crippen molar-refractivity contribution in [2.45, 2.75) is 25.4 Å². The quantitative estimate of drug-likeness (QED) is 0.818. The van der Waals surface area contributed by atoms with Crippen LogP contribution in [0, 0.1) is 5.82 Å². The van der Waals surface area contributed by atoms with Gasteiger partial charge in [-0.15, -0.1) is 0 Å². The monoisotopic (exact) mass is 268 g/mol. The molecule has 1 saturated carbocycles. The number of anilines is 1. The van der Waals surface area contributed by atoms with Crippen LogP contribution in [0.1, 0.15) is 18.4 Å². The molecule has 2 nitrogen and oxygen atoms in total. The number of hydrogen-bond acceptors (Lipinski definition) is 3. The first-order chi connectivity index (χ1) is 8.72. The molecule has 100 valence electrons. The Morgan fingerprint density at radius 3 is 2.89 bits per heavy atom. The van der Waals surface area contributed by atoms with Crippen molar-refractivity contribution in [2.24, 2.45) is 0 Å². The number of hydrogen-bond donors (Lipinski definition) is 1. The second-order valence-corrected chi connectivity index (χ2v) is 5.79. The summed E-state index contributed by atoms with van der Waals surface area (Å²) in [6.07, 6.45) is 4.55. The molecule has 0 heterocycles. The normalized spacial score (nSPS) is 14.8. The molecule has 1 aliphatic rings. The third kappa shape index (κ3) is 3.62. The molecular formula is C14H21FN2S. The summed E-state index contributed by atoms with van der Waals surface area (Å²) in [5.41, 5.74) is 1.81. The van der Waals surface area contributed by atoms with Gasteiger partial charge < -0.3 is 10.2 Å². The predicted octanol–water partition coefficient (Wildman–Crippen LogP) is 2.88. The molecule has 0 radical (unpaired) electrons. The van der Waals surface area contributed by atoms with Gasteiger partial charge in [0.15, 0.2) is 0 Å². The molecule has 1 aromatic carbocycles. The van der Waals surface area contributed by atoms with E-state index in [9.17, 15) is 4.39 Å². The standard InChI is InChI=1S/C14H21FN2S/c1-17(8-9-18-2)14-5-3-4-13(15)12(14)10-16-11-6-7-11/h3-5,11,16H,6-10H2,1-2H3. The van der Waals surface area contributed by atoms with Crippen molar-refractivity contribution in [3.8, 4) is 0 Å². The van der Waals surface area contributed by atoms with Crippen LogP contribution in [-0.4, -0.2) is 31.6 Å². The molecule has 1 aromatic rings. The maximum absolute atomic E-state index is 13.9. The Bertz CT molecular complexity index is 393. The lowest BCUT2D eigenvalue weighted by atomic mass is 10.1. The van der Waals surface area contributed by atoms with Gasteiger partial charge in [-0.3, -0.25) is 0 Å². The van der Waals surface area contributed by atoms with E-state index < -0.39 is 0 Å². The van der Waals surface area contributed by atoms with E-state index in [1.54, 1.807) is 12.1 Å². The molecule has 1 aliphatic carbocycles. The highest BCUT2D eigenvalue weighted by molar-refractivity contribution is 7.98. The van der Waals surface area contributed by atoms with Gasteiger partial charge in [0.2, 0.25) is 0 Å². The van der Waals surface area contributed by atoms with Gasteiger partial charge in [0, 0.05) is 43.2 Å². The van der Waals surface area contributed by atoms with Gasteiger partial charge in [0.05, 0.1) is 0 Å². The lowest BCUT2D eigenvalue weighted by Crippen LogP contribution is -2.24. The Morgan fingerprint density at radius 1 is 1.44 bits per heavy atom. The fraction of sp³-hybridized carbons (Fsp3) is 0.571. The first kappa shape index (κ1) is 13.7. The van der Waals surface area contributed by atoms with E-state index >= 15 is 0 Å². The summed E-state index contributed by atoms with van der Waals surface area (Å²) in [6, 6.07) is 5.96. The highest BCUT2D eigenvalue weighted by atomic mass is 32.2. The first-order valence-electron chi connectivity index (χ1n) is 6.43. The molecule has 0 spiro atoms. The number of nitrogens with one attached hydrogen (secondary N) is 1. The average Bonchev–Trinajstić information content (AvgIpc) is 3.18. The third-order valence-corrected chi connectivity index (χ3v) is 3.87.